The highest BCUT2D eigenvalue weighted by Crippen LogP contribution is 2.21. The largest absolute Gasteiger partial charge is 0.394 e. The standard InChI is InChI=1S/C12H19NO/c1-4-11-7-5-6-9(2)12(11)13-10(3)8-14/h5-7,10,13-14H,4,8H2,1-3H3. The Labute approximate surface area is 86.0 Å². The van der Waals surface area contributed by atoms with Crippen LogP contribution in [0.5, 0.6) is 0 Å². The Bertz CT molecular complexity index is 296. The molecule has 1 aromatic carbocycles. The lowest BCUT2D eigenvalue weighted by molar-refractivity contribution is 0.281. The molecule has 0 spiro atoms. The maximum Gasteiger partial charge on any atom is 0.0630 e. The van der Waals surface area contributed by atoms with Crippen molar-refractivity contribution in [3.05, 3.63) is 29.3 Å². The van der Waals surface area contributed by atoms with Gasteiger partial charge in [0.15, 0.2) is 0 Å². The molecule has 0 saturated carbocycles. The summed E-state index contributed by atoms with van der Waals surface area (Å²) >= 11 is 0. The second-order valence-electron chi connectivity index (χ2n) is 3.69. The van der Waals surface area contributed by atoms with Crippen LogP contribution in [0.3, 0.4) is 0 Å². The summed E-state index contributed by atoms with van der Waals surface area (Å²) in [5.41, 5.74) is 3.73. The van der Waals surface area contributed by atoms with Crippen LogP contribution in [0, 0.1) is 6.92 Å². The van der Waals surface area contributed by atoms with Gasteiger partial charge in [0.25, 0.3) is 0 Å². The Hall–Kier alpha value is -1.02. The van der Waals surface area contributed by atoms with Crippen LogP contribution in [0.15, 0.2) is 18.2 Å². The van der Waals surface area contributed by atoms with E-state index in [9.17, 15) is 0 Å². The smallest absolute Gasteiger partial charge is 0.0630 e. The van der Waals surface area contributed by atoms with Gasteiger partial charge >= 0.3 is 0 Å². The number of aliphatic hydroxyl groups is 1. The fraction of sp³-hybridized carbons (Fsp3) is 0.500. The first-order valence-corrected chi connectivity index (χ1v) is 5.15. The van der Waals surface area contributed by atoms with E-state index in [1.54, 1.807) is 0 Å². The fourth-order valence-corrected chi connectivity index (χ4v) is 1.52. The number of hydrogen-bond acceptors (Lipinski definition) is 2. The summed E-state index contributed by atoms with van der Waals surface area (Å²) in [5, 5.41) is 12.3. The minimum Gasteiger partial charge on any atom is -0.394 e. The molecule has 1 rings (SSSR count). The van der Waals surface area contributed by atoms with Gasteiger partial charge in [-0.1, -0.05) is 25.1 Å². The third-order valence-corrected chi connectivity index (χ3v) is 2.40. The molecule has 0 aliphatic carbocycles. The molecule has 2 heteroatoms. The van der Waals surface area contributed by atoms with E-state index >= 15 is 0 Å². The molecule has 0 aromatic heterocycles. The van der Waals surface area contributed by atoms with Gasteiger partial charge in [0.05, 0.1) is 6.61 Å². The minimum atomic E-state index is 0.112. The predicted octanol–water partition coefficient (Wildman–Crippen LogP) is 2.35. The number of nitrogens with one attached hydrogen (secondary N) is 1. The molecule has 1 unspecified atom stereocenters. The first kappa shape index (κ1) is 11.1. The number of aliphatic hydroxyl groups excluding tert-OH is 1. The lowest BCUT2D eigenvalue weighted by Crippen LogP contribution is -2.20. The Morgan fingerprint density at radius 3 is 2.71 bits per heavy atom. The Balaban J connectivity index is 2.92. The van der Waals surface area contributed by atoms with Crippen molar-refractivity contribution in [2.75, 3.05) is 11.9 Å². The maximum absolute atomic E-state index is 8.99. The molecule has 14 heavy (non-hydrogen) atoms. The zero-order chi connectivity index (χ0) is 10.6. The molecule has 78 valence electrons. The average molecular weight is 193 g/mol. The third kappa shape index (κ3) is 2.48. The van der Waals surface area contributed by atoms with Crippen molar-refractivity contribution in [3.63, 3.8) is 0 Å². The molecular formula is C12H19NO. The molecular weight excluding hydrogens is 174 g/mol. The van der Waals surface area contributed by atoms with Crippen LogP contribution in [0.4, 0.5) is 5.69 Å². The summed E-state index contributed by atoms with van der Waals surface area (Å²) in [4.78, 5) is 0. The maximum atomic E-state index is 8.99. The first-order valence-electron chi connectivity index (χ1n) is 5.15. The molecule has 0 bridgehead atoms. The van der Waals surface area contributed by atoms with E-state index in [1.165, 1.54) is 16.8 Å². The molecule has 0 radical (unpaired) electrons. The van der Waals surface area contributed by atoms with Gasteiger partial charge in [0.1, 0.15) is 0 Å². The van der Waals surface area contributed by atoms with Crippen molar-refractivity contribution in [2.45, 2.75) is 33.2 Å². The number of benzene rings is 1. The quantitative estimate of drug-likeness (QED) is 0.769. The third-order valence-electron chi connectivity index (χ3n) is 2.40. The van der Waals surface area contributed by atoms with Crippen molar-refractivity contribution in [2.24, 2.45) is 0 Å². The monoisotopic (exact) mass is 193 g/mol. The van der Waals surface area contributed by atoms with Crippen LogP contribution >= 0.6 is 0 Å². The molecule has 0 amide bonds. The number of anilines is 1. The van der Waals surface area contributed by atoms with Gasteiger partial charge in [-0.2, -0.15) is 0 Å². The van der Waals surface area contributed by atoms with Crippen molar-refractivity contribution < 1.29 is 5.11 Å². The van der Waals surface area contributed by atoms with Crippen LogP contribution in [0.1, 0.15) is 25.0 Å². The Kier molecular flexibility index (Phi) is 3.96. The van der Waals surface area contributed by atoms with E-state index in [1.807, 2.05) is 6.92 Å². The Morgan fingerprint density at radius 2 is 2.14 bits per heavy atom. The minimum absolute atomic E-state index is 0.112. The van der Waals surface area contributed by atoms with Crippen LogP contribution < -0.4 is 5.32 Å². The summed E-state index contributed by atoms with van der Waals surface area (Å²) in [7, 11) is 0. The molecule has 0 saturated heterocycles. The molecule has 0 aliphatic heterocycles. The van der Waals surface area contributed by atoms with E-state index in [-0.39, 0.29) is 12.6 Å². The average Bonchev–Trinajstić information content (AvgIpc) is 2.20. The van der Waals surface area contributed by atoms with Gasteiger partial charge in [-0.05, 0) is 31.4 Å². The van der Waals surface area contributed by atoms with Crippen LogP contribution in [-0.4, -0.2) is 17.8 Å². The SMILES string of the molecule is CCc1cccc(C)c1NC(C)CO. The van der Waals surface area contributed by atoms with Gasteiger partial charge in [-0.3, -0.25) is 0 Å². The van der Waals surface area contributed by atoms with E-state index in [2.05, 4.69) is 37.4 Å². The lowest BCUT2D eigenvalue weighted by Gasteiger charge is -2.17. The van der Waals surface area contributed by atoms with E-state index in [0.29, 0.717) is 0 Å². The summed E-state index contributed by atoms with van der Waals surface area (Å²) < 4.78 is 0. The van der Waals surface area contributed by atoms with Crippen molar-refractivity contribution in [1.82, 2.24) is 0 Å². The number of rotatable bonds is 4. The molecule has 1 atom stereocenters. The molecule has 0 aliphatic rings. The highest BCUT2D eigenvalue weighted by atomic mass is 16.3. The fourth-order valence-electron chi connectivity index (χ4n) is 1.52. The molecule has 0 fully saturated rings. The highest BCUT2D eigenvalue weighted by molar-refractivity contribution is 5.57. The van der Waals surface area contributed by atoms with Gasteiger partial charge in [0, 0.05) is 11.7 Å². The summed E-state index contributed by atoms with van der Waals surface area (Å²) in [6.45, 7) is 6.37. The first-order chi connectivity index (χ1) is 6.69. The second kappa shape index (κ2) is 5.01. The zero-order valence-electron chi connectivity index (χ0n) is 9.17. The summed E-state index contributed by atoms with van der Waals surface area (Å²) in [6, 6.07) is 6.40. The summed E-state index contributed by atoms with van der Waals surface area (Å²) in [5.74, 6) is 0. The molecule has 0 heterocycles. The second-order valence-corrected chi connectivity index (χ2v) is 3.69. The van der Waals surface area contributed by atoms with E-state index in [4.69, 9.17) is 5.11 Å². The molecule has 2 nitrogen and oxygen atoms in total. The molecule has 2 N–H and O–H groups in total. The topological polar surface area (TPSA) is 32.3 Å². The number of hydrogen-bond donors (Lipinski definition) is 2. The van der Waals surface area contributed by atoms with Crippen molar-refractivity contribution in [1.29, 1.82) is 0 Å². The van der Waals surface area contributed by atoms with Crippen LogP contribution in [0.2, 0.25) is 0 Å². The van der Waals surface area contributed by atoms with Gasteiger partial charge in [-0.15, -0.1) is 0 Å². The molecule has 1 aromatic rings. The zero-order valence-corrected chi connectivity index (χ0v) is 9.17. The number of aryl methyl sites for hydroxylation is 2. The number of para-hydroxylation sites is 1. The van der Waals surface area contributed by atoms with Gasteiger partial charge in [0.2, 0.25) is 0 Å². The highest BCUT2D eigenvalue weighted by Gasteiger charge is 2.06. The van der Waals surface area contributed by atoms with Crippen molar-refractivity contribution >= 4 is 5.69 Å². The van der Waals surface area contributed by atoms with E-state index in [0.717, 1.165) is 6.42 Å². The van der Waals surface area contributed by atoms with Crippen LogP contribution in [0.25, 0.3) is 0 Å². The van der Waals surface area contributed by atoms with Crippen LogP contribution in [-0.2, 0) is 6.42 Å². The van der Waals surface area contributed by atoms with E-state index < -0.39 is 0 Å². The summed E-state index contributed by atoms with van der Waals surface area (Å²) in [6.07, 6.45) is 1.02. The van der Waals surface area contributed by atoms with Gasteiger partial charge < -0.3 is 10.4 Å². The Morgan fingerprint density at radius 1 is 1.43 bits per heavy atom. The normalized spacial score (nSPS) is 12.6. The van der Waals surface area contributed by atoms with Gasteiger partial charge in [-0.25, -0.2) is 0 Å². The van der Waals surface area contributed by atoms with Crippen molar-refractivity contribution in [3.8, 4) is 0 Å². The lowest BCUT2D eigenvalue weighted by atomic mass is 10.1. The predicted molar refractivity (Wildman–Crippen MR) is 60.7 cm³/mol.